The second kappa shape index (κ2) is 4.48. The molecule has 5 aromatic rings. The maximum absolute atomic E-state index is 2.32. The summed E-state index contributed by atoms with van der Waals surface area (Å²) in [5.74, 6) is 0. The van der Waals surface area contributed by atoms with Gasteiger partial charge < -0.3 is 0 Å². The van der Waals surface area contributed by atoms with Crippen molar-refractivity contribution in [1.82, 2.24) is 0 Å². The van der Waals surface area contributed by atoms with Gasteiger partial charge in [0, 0.05) is 0 Å². The van der Waals surface area contributed by atoms with Gasteiger partial charge in [-0.05, 0) is 93.0 Å². The van der Waals surface area contributed by atoms with E-state index in [-0.39, 0.29) is 0 Å². The number of rotatable bonds is 0. The first-order chi connectivity index (χ1) is 11.6. The van der Waals surface area contributed by atoms with Crippen molar-refractivity contribution in [2.75, 3.05) is 0 Å². The van der Waals surface area contributed by atoms with Crippen molar-refractivity contribution < 1.29 is 0 Å². The summed E-state index contributed by atoms with van der Waals surface area (Å²) in [6.45, 7) is 8.91. The predicted molar refractivity (Wildman–Crippen MR) is 107 cm³/mol. The lowest BCUT2D eigenvalue weighted by molar-refractivity contribution is 1.47. The maximum atomic E-state index is 2.32. The molecule has 5 rings (SSSR count). The van der Waals surface area contributed by atoms with Gasteiger partial charge in [-0.2, -0.15) is 0 Å². The molecule has 0 atom stereocenters. The summed E-state index contributed by atoms with van der Waals surface area (Å²) in [6.07, 6.45) is 0. The minimum absolute atomic E-state index is 1.37. The van der Waals surface area contributed by atoms with Crippen LogP contribution in [0.25, 0.3) is 43.1 Å². The van der Waals surface area contributed by atoms with E-state index in [1.165, 1.54) is 65.3 Å². The van der Waals surface area contributed by atoms with Gasteiger partial charge in [0.25, 0.3) is 0 Å². The third-order valence-corrected chi connectivity index (χ3v) is 5.74. The normalized spacial score (nSPS) is 12.2. The molecular weight excluding hydrogens is 288 g/mol. The first kappa shape index (κ1) is 13.8. The lowest BCUT2D eigenvalue weighted by Crippen LogP contribution is -1.92. The standard InChI is InChI=1S/C24H20/c1-13-5-9-17-19-11-7-15(3)22-16(4)8-12-20(24(19)22)18-10-6-14(2)21(13)23(17)18/h5-12H,1-4H3. The molecule has 0 aliphatic carbocycles. The monoisotopic (exact) mass is 308 g/mol. The Kier molecular flexibility index (Phi) is 2.58. The minimum Gasteiger partial charge on any atom is -0.0581 e. The van der Waals surface area contributed by atoms with Gasteiger partial charge in [-0.3, -0.25) is 0 Å². The van der Waals surface area contributed by atoms with Gasteiger partial charge in [0.05, 0.1) is 0 Å². The van der Waals surface area contributed by atoms with E-state index in [9.17, 15) is 0 Å². The highest BCUT2D eigenvalue weighted by Crippen LogP contribution is 2.43. The topological polar surface area (TPSA) is 0 Å². The summed E-state index contributed by atoms with van der Waals surface area (Å²) in [5, 5.41) is 11.2. The van der Waals surface area contributed by atoms with Crippen LogP contribution in [0.5, 0.6) is 0 Å². The summed E-state index contributed by atoms with van der Waals surface area (Å²) in [5.41, 5.74) is 5.47. The van der Waals surface area contributed by atoms with E-state index >= 15 is 0 Å². The second-order valence-electron chi connectivity index (χ2n) is 7.22. The molecule has 24 heavy (non-hydrogen) atoms. The summed E-state index contributed by atoms with van der Waals surface area (Å²) in [6, 6.07) is 18.4. The molecule has 0 amide bonds. The van der Waals surface area contributed by atoms with Crippen LogP contribution in [-0.4, -0.2) is 0 Å². The average molecular weight is 308 g/mol. The Labute approximate surface area is 142 Å². The molecule has 0 aliphatic heterocycles. The molecule has 0 radical (unpaired) electrons. The van der Waals surface area contributed by atoms with E-state index in [1.807, 2.05) is 0 Å². The average Bonchev–Trinajstić information content (AvgIpc) is 2.57. The molecule has 116 valence electrons. The van der Waals surface area contributed by atoms with E-state index in [1.54, 1.807) is 0 Å². The molecular formula is C24H20. The first-order valence-corrected chi connectivity index (χ1v) is 8.64. The molecule has 0 bridgehead atoms. The predicted octanol–water partition coefficient (Wildman–Crippen LogP) is 6.97. The van der Waals surface area contributed by atoms with Crippen molar-refractivity contribution in [3.05, 3.63) is 70.8 Å². The molecule has 0 heterocycles. The molecule has 0 aromatic heterocycles. The summed E-state index contributed by atoms with van der Waals surface area (Å²) in [7, 11) is 0. The van der Waals surface area contributed by atoms with E-state index in [0.717, 1.165) is 0 Å². The van der Waals surface area contributed by atoms with Gasteiger partial charge in [0.15, 0.2) is 0 Å². The molecule has 0 saturated heterocycles. The van der Waals surface area contributed by atoms with Gasteiger partial charge in [0.1, 0.15) is 0 Å². The fourth-order valence-electron chi connectivity index (χ4n) is 4.64. The summed E-state index contributed by atoms with van der Waals surface area (Å²) < 4.78 is 0. The van der Waals surface area contributed by atoms with Crippen LogP contribution >= 0.6 is 0 Å². The van der Waals surface area contributed by atoms with Crippen molar-refractivity contribution in [2.45, 2.75) is 27.7 Å². The highest BCUT2D eigenvalue weighted by molar-refractivity contribution is 6.34. The van der Waals surface area contributed by atoms with Crippen molar-refractivity contribution in [2.24, 2.45) is 0 Å². The summed E-state index contributed by atoms with van der Waals surface area (Å²) >= 11 is 0. The fraction of sp³-hybridized carbons (Fsp3) is 0.167. The molecule has 0 unspecified atom stereocenters. The zero-order valence-electron chi connectivity index (χ0n) is 14.6. The Balaban J connectivity index is 2.26. The third-order valence-electron chi connectivity index (χ3n) is 5.74. The Hall–Kier alpha value is -2.60. The largest absolute Gasteiger partial charge is 0.0581 e. The zero-order chi connectivity index (χ0) is 16.6. The molecule has 0 spiro atoms. The maximum Gasteiger partial charge on any atom is -0.00210 e. The molecule has 5 aromatic carbocycles. The quantitative estimate of drug-likeness (QED) is 0.214. The number of aryl methyl sites for hydroxylation is 4. The van der Waals surface area contributed by atoms with Crippen LogP contribution in [0.2, 0.25) is 0 Å². The van der Waals surface area contributed by atoms with Crippen molar-refractivity contribution in [3.8, 4) is 0 Å². The Morgan fingerprint density at radius 1 is 0.333 bits per heavy atom. The lowest BCUT2D eigenvalue weighted by atomic mass is 9.85. The molecule has 0 nitrogen and oxygen atoms in total. The van der Waals surface area contributed by atoms with Crippen molar-refractivity contribution in [3.63, 3.8) is 0 Å². The van der Waals surface area contributed by atoms with Gasteiger partial charge in [0.2, 0.25) is 0 Å². The van der Waals surface area contributed by atoms with Crippen LogP contribution in [0.1, 0.15) is 22.3 Å². The van der Waals surface area contributed by atoms with Crippen LogP contribution in [0, 0.1) is 27.7 Å². The van der Waals surface area contributed by atoms with E-state index in [2.05, 4.69) is 76.2 Å². The van der Waals surface area contributed by atoms with Crippen LogP contribution in [0.3, 0.4) is 0 Å². The minimum atomic E-state index is 1.37. The van der Waals surface area contributed by atoms with Gasteiger partial charge >= 0.3 is 0 Å². The van der Waals surface area contributed by atoms with Crippen molar-refractivity contribution >= 4 is 43.1 Å². The van der Waals surface area contributed by atoms with E-state index in [4.69, 9.17) is 0 Å². The number of benzene rings is 5. The number of hydrogen-bond acceptors (Lipinski definition) is 0. The fourth-order valence-corrected chi connectivity index (χ4v) is 4.64. The van der Waals surface area contributed by atoms with Crippen LogP contribution in [0.4, 0.5) is 0 Å². The molecule has 0 aliphatic rings. The molecule has 0 N–H and O–H groups in total. The highest BCUT2D eigenvalue weighted by atomic mass is 14.2. The van der Waals surface area contributed by atoms with E-state index < -0.39 is 0 Å². The summed E-state index contributed by atoms with van der Waals surface area (Å²) in [4.78, 5) is 0. The van der Waals surface area contributed by atoms with Crippen LogP contribution < -0.4 is 0 Å². The molecule has 0 heteroatoms. The third kappa shape index (κ3) is 1.54. The van der Waals surface area contributed by atoms with Gasteiger partial charge in [-0.1, -0.05) is 48.5 Å². The van der Waals surface area contributed by atoms with E-state index in [0.29, 0.717) is 0 Å². The van der Waals surface area contributed by atoms with Crippen LogP contribution in [-0.2, 0) is 0 Å². The number of hydrogen-bond donors (Lipinski definition) is 0. The molecule has 0 saturated carbocycles. The Bertz CT molecular complexity index is 1080. The number of fused-ring (bicyclic) bond motifs is 2. The Morgan fingerprint density at radius 2 is 0.583 bits per heavy atom. The van der Waals surface area contributed by atoms with Crippen LogP contribution in [0.15, 0.2) is 48.5 Å². The van der Waals surface area contributed by atoms with Gasteiger partial charge in [-0.25, -0.2) is 0 Å². The van der Waals surface area contributed by atoms with Gasteiger partial charge in [-0.15, -0.1) is 0 Å². The van der Waals surface area contributed by atoms with Crippen molar-refractivity contribution in [1.29, 1.82) is 0 Å². The molecule has 0 fully saturated rings. The lowest BCUT2D eigenvalue weighted by Gasteiger charge is -2.18. The zero-order valence-corrected chi connectivity index (χ0v) is 14.6. The highest BCUT2D eigenvalue weighted by Gasteiger charge is 2.16. The first-order valence-electron chi connectivity index (χ1n) is 8.64. The second-order valence-corrected chi connectivity index (χ2v) is 7.22. The Morgan fingerprint density at radius 3 is 0.833 bits per heavy atom. The smallest absolute Gasteiger partial charge is 0.00210 e. The SMILES string of the molecule is Cc1ccc2c3ccc(C)c4c(C)ccc(c5ccc(C)c1c25)c43.